The summed E-state index contributed by atoms with van der Waals surface area (Å²) in [6, 6.07) is 3.73. The fraction of sp³-hybridized carbons (Fsp3) is 0.611. The predicted octanol–water partition coefficient (Wildman–Crippen LogP) is 3.21. The van der Waals surface area contributed by atoms with Crippen LogP contribution in [-0.4, -0.2) is 35.3 Å². The van der Waals surface area contributed by atoms with Crippen molar-refractivity contribution in [1.29, 1.82) is 0 Å². The molecule has 2 unspecified atom stereocenters. The lowest BCUT2D eigenvalue weighted by molar-refractivity contribution is 0.0787. The molecule has 0 fully saturated rings. The molecule has 6 heteroatoms. The summed E-state index contributed by atoms with van der Waals surface area (Å²) in [5.41, 5.74) is 1.70. The van der Waals surface area contributed by atoms with Crippen molar-refractivity contribution in [2.24, 2.45) is 11.1 Å². The average Bonchev–Trinajstić information content (AvgIpc) is 2.90. The minimum absolute atomic E-state index is 0.0837. The van der Waals surface area contributed by atoms with E-state index < -0.39 is 0 Å². The van der Waals surface area contributed by atoms with E-state index in [4.69, 9.17) is 4.84 Å². The van der Waals surface area contributed by atoms with E-state index in [1.165, 1.54) is 0 Å². The van der Waals surface area contributed by atoms with Crippen LogP contribution in [0.2, 0.25) is 0 Å². The molecule has 2 rings (SSSR count). The molecule has 1 aliphatic rings. The largest absolute Gasteiger partial charge is 0.392 e. The minimum atomic E-state index is -0.101. The molecule has 2 heterocycles. The second kappa shape index (κ2) is 8.66. The van der Waals surface area contributed by atoms with Crippen LogP contribution in [0.5, 0.6) is 0 Å². The van der Waals surface area contributed by atoms with Gasteiger partial charge >= 0.3 is 0 Å². The van der Waals surface area contributed by atoms with Crippen LogP contribution in [0, 0.1) is 5.92 Å². The van der Waals surface area contributed by atoms with E-state index in [0.29, 0.717) is 5.56 Å². The van der Waals surface area contributed by atoms with Gasteiger partial charge in [-0.15, -0.1) is 0 Å². The summed E-state index contributed by atoms with van der Waals surface area (Å²) in [6.07, 6.45) is 4.94. The molecule has 2 N–H and O–H groups in total. The summed E-state index contributed by atoms with van der Waals surface area (Å²) >= 11 is 0. The van der Waals surface area contributed by atoms with Gasteiger partial charge in [0.25, 0.3) is 5.91 Å². The maximum atomic E-state index is 11.9. The Balaban J connectivity index is 1.89. The highest BCUT2D eigenvalue weighted by Crippen LogP contribution is 2.22. The lowest BCUT2D eigenvalue weighted by atomic mass is 9.95. The van der Waals surface area contributed by atoms with Crippen molar-refractivity contribution in [1.82, 2.24) is 10.3 Å². The molecule has 0 spiro atoms. The zero-order chi connectivity index (χ0) is 17.5. The summed E-state index contributed by atoms with van der Waals surface area (Å²) in [5.74, 6) is 0.920. The Morgan fingerprint density at radius 1 is 1.38 bits per heavy atom. The lowest BCUT2D eigenvalue weighted by Crippen LogP contribution is -2.30. The fourth-order valence-corrected chi connectivity index (χ4v) is 2.63. The molecule has 0 bridgehead atoms. The van der Waals surface area contributed by atoms with E-state index in [0.717, 1.165) is 37.3 Å². The molecule has 0 saturated heterocycles. The van der Waals surface area contributed by atoms with Crippen LogP contribution in [0.3, 0.4) is 0 Å². The highest BCUT2D eigenvalue weighted by Gasteiger charge is 2.30. The maximum Gasteiger partial charge on any atom is 0.253 e. The highest BCUT2D eigenvalue weighted by atomic mass is 16.6. The molecule has 0 saturated carbocycles. The Morgan fingerprint density at radius 3 is 2.79 bits per heavy atom. The minimum Gasteiger partial charge on any atom is -0.392 e. The van der Waals surface area contributed by atoms with Gasteiger partial charge in [-0.05, 0) is 45.7 Å². The van der Waals surface area contributed by atoms with Gasteiger partial charge in [0.1, 0.15) is 11.9 Å². The number of oxime groups is 1. The third-order valence-corrected chi connectivity index (χ3v) is 4.07. The second-order valence-electron chi connectivity index (χ2n) is 6.54. The van der Waals surface area contributed by atoms with E-state index >= 15 is 0 Å². The van der Waals surface area contributed by atoms with Crippen LogP contribution in [0.15, 0.2) is 23.5 Å². The molecule has 1 aromatic heterocycles. The van der Waals surface area contributed by atoms with Gasteiger partial charge < -0.3 is 15.5 Å². The van der Waals surface area contributed by atoms with Crippen molar-refractivity contribution < 1.29 is 9.63 Å². The summed E-state index contributed by atoms with van der Waals surface area (Å²) in [5, 5.41) is 10.4. The number of hydrogen-bond acceptors (Lipinski definition) is 5. The van der Waals surface area contributed by atoms with Gasteiger partial charge in [0.05, 0.1) is 17.2 Å². The van der Waals surface area contributed by atoms with Gasteiger partial charge in [-0.3, -0.25) is 4.79 Å². The lowest BCUT2D eigenvalue weighted by Gasteiger charge is -2.16. The van der Waals surface area contributed by atoms with Crippen LogP contribution in [0.25, 0.3) is 0 Å². The Morgan fingerprint density at radius 2 is 2.17 bits per heavy atom. The average molecular weight is 332 g/mol. The van der Waals surface area contributed by atoms with Gasteiger partial charge in [0.2, 0.25) is 0 Å². The van der Waals surface area contributed by atoms with Crippen molar-refractivity contribution in [3.63, 3.8) is 0 Å². The first-order valence-electron chi connectivity index (χ1n) is 8.74. The number of nitrogens with one attached hydrogen (secondary N) is 2. The molecule has 0 radical (unpaired) electrons. The number of pyridine rings is 1. The quantitative estimate of drug-likeness (QED) is 0.766. The summed E-state index contributed by atoms with van der Waals surface area (Å²) in [6.45, 7) is 8.82. The number of nitrogens with zero attached hydrogens (tertiary/aromatic N) is 2. The standard InChI is InChI=1S/C18H28N4O2/c1-5-6-7-16-15(13(4)24-22-16)11-20-17-9-8-14(10-19-17)18(23)21-12(2)3/h8-10,12-13,15H,5-7,11H2,1-4H3,(H,19,20)(H,21,23). The number of carbonyl (C=O) groups is 1. The summed E-state index contributed by atoms with van der Waals surface area (Å²) < 4.78 is 0. The first-order valence-corrected chi connectivity index (χ1v) is 8.74. The normalized spacial score (nSPS) is 19.8. The molecular weight excluding hydrogens is 304 g/mol. The van der Waals surface area contributed by atoms with E-state index in [-0.39, 0.29) is 24.0 Å². The van der Waals surface area contributed by atoms with E-state index in [2.05, 4.69) is 27.7 Å². The monoisotopic (exact) mass is 332 g/mol. The number of aromatic nitrogens is 1. The molecule has 6 nitrogen and oxygen atoms in total. The number of anilines is 1. The molecule has 132 valence electrons. The van der Waals surface area contributed by atoms with Crippen LogP contribution in [-0.2, 0) is 4.84 Å². The first kappa shape index (κ1) is 18.2. The fourth-order valence-electron chi connectivity index (χ4n) is 2.63. The topological polar surface area (TPSA) is 75.6 Å². The number of rotatable bonds is 8. The van der Waals surface area contributed by atoms with Crippen LogP contribution in [0.1, 0.15) is 57.3 Å². The van der Waals surface area contributed by atoms with Gasteiger partial charge in [0, 0.05) is 18.8 Å². The molecule has 2 atom stereocenters. The summed E-state index contributed by atoms with van der Waals surface area (Å²) in [4.78, 5) is 21.7. The van der Waals surface area contributed by atoms with Crippen molar-refractivity contribution in [2.45, 2.75) is 59.1 Å². The maximum absolute atomic E-state index is 11.9. The first-order chi connectivity index (χ1) is 11.5. The third kappa shape index (κ3) is 4.94. The number of unbranched alkanes of at least 4 members (excludes halogenated alkanes) is 1. The van der Waals surface area contributed by atoms with Crippen LogP contribution in [0.4, 0.5) is 5.82 Å². The smallest absolute Gasteiger partial charge is 0.253 e. The number of hydrogen-bond donors (Lipinski definition) is 2. The summed E-state index contributed by atoms with van der Waals surface area (Å²) in [7, 11) is 0. The van der Waals surface area contributed by atoms with Gasteiger partial charge in [-0.25, -0.2) is 4.98 Å². The van der Waals surface area contributed by atoms with Crippen LogP contribution < -0.4 is 10.6 Å². The Bertz CT molecular complexity index is 569. The van der Waals surface area contributed by atoms with Crippen molar-refractivity contribution in [3.05, 3.63) is 23.9 Å². The molecule has 1 aliphatic heterocycles. The Kier molecular flexibility index (Phi) is 6.58. The van der Waals surface area contributed by atoms with Gasteiger partial charge in [0.15, 0.2) is 0 Å². The molecule has 24 heavy (non-hydrogen) atoms. The third-order valence-electron chi connectivity index (χ3n) is 4.07. The molecule has 1 aromatic rings. The van der Waals surface area contributed by atoms with E-state index in [1.54, 1.807) is 12.3 Å². The van der Waals surface area contributed by atoms with Crippen molar-refractivity contribution >= 4 is 17.4 Å². The van der Waals surface area contributed by atoms with Crippen LogP contribution >= 0.6 is 0 Å². The SMILES string of the molecule is CCCCC1=NOC(C)C1CNc1ccc(C(=O)NC(C)C)cn1. The van der Waals surface area contributed by atoms with Crippen molar-refractivity contribution in [2.75, 3.05) is 11.9 Å². The number of amides is 1. The van der Waals surface area contributed by atoms with E-state index in [1.807, 2.05) is 26.8 Å². The van der Waals surface area contributed by atoms with Gasteiger partial charge in [-0.2, -0.15) is 0 Å². The highest BCUT2D eigenvalue weighted by molar-refractivity contribution is 5.94. The Labute approximate surface area is 144 Å². The molecule has 0 aromatic carbocycles. The zero-order valence-electron chi connectivity index (χ0n) is 15.0. The van der Waals surface area contributed by atoms with Crippen molar-refractivity contribution in [3.8, 4) is 0 Å². The second-order valence-corrected chi connectivity index (χ2v) is 6.54. The molecule has 0 aliphatic carbocycles. The predicted molar refractivity (Wildman–Crippen MR) is 96.3 cm³/mol. The van der Waals surface area contributed by atoms with E-state index in [9.17, 15) is 4.79 Å². The number of carbonyl (C=O) groups excluding carboxylic acids is 1. The van der Waals surface area contributed by atoms with Gasteiger partial charge in [-0.1, -0.05) is 18.5 Å². The molecular formula is C18H28N4O2. The zero-order valence-corrected chi connectivity index (χ0v) is 15.0. The Hall–Kier alpha value is -2.11. The molecule has 1 amide bonds.